The van der Waals surface area contributed by atoms with Gasteiger partial charge in [-0.2, -0.15) is 0 Å². The third-order valence-electron chi connectivity index (χ3n) is 8.65. The molecule has 5 rings (SSSR count). The molecule has 0 amide bonds. The molecule has 3 aromatic rings. The predicted octanol–water partition coefficient (Wildman–Crippen LogP) is 4.93. The van der Waals surface area contributed by atoms with Gasteiger partial charge in [-0.1, -0.05) is 0 Å². The van der Waals surface area contributed by atoms with Crippen molar-refractivity contribution in [1.29, 1.82) is 0 Å². The number of aromatic nitrogens is 4. The Balaban J connectivity index is 0.00000461. The molecule has 5 heterocycles. The molecule has 0 saturated carbocycles. The van der Waals surface area contributed by atoms with Crippen molar-refractivity contribution >= 4 is 74.3 Å². The number of hydrogen-bond acceptors (Lipinski definition) is 6. The zero-order valence-corrected chi connectivity index (χ0v) is 29.5. The van der Waals surface area contributed by atoms with Crippen LogP contribution in [-0.2, 0) is 16.0 Å². The number of carbonyl (C=O) groups is 2. The normalized spacial score (nSPS) is 14.4. The molecule has 0 fully saturated rings. The molecular formula is C34H41AsN4O6. The monoisotopic (exact) mass is 676 g/mol. The molecule has 3 unspecified atom stereocenters. The molecule has 2 aliphatic heterocycles. The Morgan fingerprint density at radius 2 is 1.20 bits per heavy atom. The summed E-state index contributed by atoms with van der Waals surface area (Å²) in [6.07, 6.45) is -1.16. The SMILES string of the molecule is CC1=C(CCC(=O)O)c2cc3[nH]c(cc4nc(cc5[nH]c(cc1n2)c(C(C)O)c5C)C(C(C)O)=C4C)c(C)c3CCC(=O)O.[AsH3]. The van der Waals surface area contributed by atoms with Gasteiger partial charge in [-0.15, -0.1) is 0 Å². The number of aromatic amines is 2. The number of H-pyrrole nitrogens is 2. The first-order chi connectivity index (χ1) is 20.8. The van der Waals surface area contributed by atoms with E-state index in [2.05, 4.69) is 9.97 Å². The third kappa shape index (κ3) is 6.54. The number of hydrogen-bond donors (Lipinski definition) is 6. The van der Waals surface area contributed by atoms with Crippen molar-refractivity contribution in [2.75, 3.05) is 0 Å². The first kappa shape index (κ1) is 33.9. The predicted molar refractivity (Wildman–Crippen MR) is 181 cm³/mol. The second-order valence-corrected chi connectivity index (χ2v) is 11.7. The number of aliphatic hydroxyl groups excluding tert-OH is 2. The number of carboxylic acid groups (broad SMARTS) is 2. The maximum absolute atomic E-state index is 11.6. The Morgan fingerprint density at radius 3 is 1.82 bits per heavy atom. The molecule has 3 aromatic heterocycles. The zero-order chi connectivity index (χ0) is 32.0. The van der Waals surface area contributed by atoms with Crippen LogP contribution in [0.2, 0.25) is 0 Å². The first-order valence-corrected chi connectivity index (χ1v) is 14.7. The number of aliphatic hydroxyl groups is 2. The minimum absolute atomic E-state index is 0. The fourth-order valence-electron chi connectivity index (χ4n) is 6.31. The number of fused-ring (bicyclic) bond motifs is 8. The number of nitrogens with zero attached hydrogens (tertiary/aromatic N) is 2. The van der Waals surface area contributed by atoms with Gasteiger partial charge < -0.3 is 30.4 Å². The topological polar surface area (TPSA) is 172 Å². The number of rotatable bonds is 8. The van der Waals surface area contributed by atoms with E-state index in [1.54, 1.807) is 13.8 Å². The average Bonchev–Trinajstić information content (AvgIpc) is 3.59. The number of aliphatic carboxylic acids is 2. The van der Waals surface area contributed by atoms with E-state index in [1.807, 2.05) is 52.0 Å². The van der Waals surface area contributed by atoms with Crippen molar-refractivity contribution in [2.45, 2.75) is 79.4 Å². The second kappa shape index (κ2) is 13.2. The summed E-state index contributed by atoms with van der Waals surface area (Å²) in [5.74, 6) is -1.83. The van der Waals surface area contributed by atoms with E-state index in [0.717, 1.165) is 44.4 Å². The van der Waals surface area contributed by atoms with E-state index in [0.29, 0.717) is 44.9 Å². The van der Waals surface area contributed by atoms with Crippen molar-refractivity contribution in [3.05, 3.63) is 69.3 Å². The molecular weight excluding hydrogens is 635 g/mol. The van der Waals surface area contributed by atoms with Crippen LogP contribution in [-0.4, -0.2) is 76.4 Å². The van der Waals surface area contributed by atoms with Crippen molar-refractivity contribution in [3.63, 3.8) is 0 Å². The summed E-state index contributed by atoms with van der Waals surface area (Å²) in [6.45, 7) is 11.1. The van der Waals surface area contributed by atoms with Gasteiger partial charge in [-0.05, 0) is 112 Å². The Morgan fingerprint density at radius 1 is 0.689 bits per heavy atom. The van der Waals surface area contributed by atoms with E-state index in [-0.39, 0.29) is 43.6 Å². The number of allylic oxidation sites excluding steroid dienone is 3. The van der Waals surface area contributed by atoms with Crippen LogP contribution in [0.1, 0.15) is 98.1 Å². The molecule has 0 saturated heterocycles. The number of carboxylic acids is 2. The van der Waals surface area contributed by atoms with Crippen LogP contribution < -0.4 is 0 Å². The number of aryl methyl sites for hydroxylation is 3. The second-order valence-electron chi connectivity index (χ2n) is 11.7. The summed E-state index contributed by atoms with van der Waals surface area (Å²) in [5.41, 5.74) is 11.7. The summed E-state index contributed by atoms with van der Waals surface area (Å²) < 4.78 is 0. The van der Waals surface area contributed by atoms with Gasteiger partial charge in [-0.25, -0.2) is 9.97 Å². The van der Waals surface area contributed by atoms with Crippen LogP contribution in [0.25, 0.3) is 44.4 Å². The molecule has 0 aliphatic carbocycles. The summed E-state index contributed by atoms with van der Waals surface area (Å²) >= 11 is 0. The summed E-state index contributed by atoms with van der Waals surface area (Å²) in [4.78, 5) is 39.8. The number of nitrogens with one attached hydrogen (secondary N) is 2. The molecule has 3 atom stereocenters. The van der Waals surface area contributed by atoms with E-state index < -0.39 is 24.1 Å². The van der Waals surface area contributed by atoms with Crippen LogP contribution in [0, 0.1) is 13.8 Å². The van der Waals surface area contributed by atoms with Gasteiger partial charge in [0.25, 0.3) is 0 Å². The molecule has 8 bridgehead atoms. The zero-order valence-electron chi connectivity index (χ0n) is 26.5. The maximum atomic E-state index is 11.6. The molecule has 6 N–H and O–H groups in total. The van der Waals surface area contributed by atoms with Gasteiger partial charge in [0.05, 0.1) is 35.0 Å². The van der Waals surface area contributed by atoms with Gasteiger partial charge in [0.2, 0.25) is 0 Å². The molecule has 45 heavy (non-hydrogen) atoms. The summed E-state index contributed by atoms with van der Waals surface area (Å²) in [5, 5.41) is 40.5. The fourth-order valence-corrected chi connectivity index (χ4v) is 6.31. The average molecular weight is 677 g/mol. The Labute approximate surface area is 272 Å². The van der Waals surface area contributed by atoms with Crippen molar-refractivity contribution < 1.29 is 30.0 Å². The Kier molecular flexibility index (Phi) is 9.92. The van der Waals surface area contributed by atoms with Gasteiger partial charge in [0.1, 0.15) is 0 Å². The third-order valence-corrected chi connectivity index (χ3v) is 8.65. The molecule has 11 heteroatoms. The van der Waals surface area contributed by atoms with Crippen LogP contribution in [0.5, 0.6) is 0 Å². The van der Waals surface area contributed by atoms with Gasteiger partial charge in [0, 0.05) is 46.0 Å². The first-order valence-electron chi connectivity index (χ1n) is 14.7. The molecule has 238 valence electrons. The van der Waals surface area contributed by atoms with Gasteiger partial charge in [-0.3, -0.25) is 9.59 Å². The van der Waals surface area contributed by atoms with Crippen LogP contribution in [0.4, 0.5) is 0 Å². The fraction of sp³-hybridized carbons (Fsp3) is 0.353. The van der Waals surface area contributed by atoms with E-state index in [1.165, 1.54) is 0 Å². The van der Waals surface area contributed by atoms with E-state index in [4.69, 9.17) is 9.97 Å². The summed E-state index contributed by atoms with van der Waals surface area (Å²) in [7, 11) is 0. The van der Waals surface area contributed by atoms with E-state index in [9.17, 15) is 30.0 Å². The Bertz CT molecular complexity index is 1930. The minimum atomic E-state index is -0.917. The van der Waals surface area contributed by atoms with Gasteiger partial charge >= 0.3 is 29.9 Å². The Hall–Kier alpha value is -3.98. The summed E-state index contributed by atoms with van der Waals surface area (Å²) in [6, 6.07) is 7.51. The van der Waals surface area contributed by atoms with Crippen molar-refractivity contribution in [3.8, 4) is 0 Å². The molecule has 0 aromatic carbocycles. The standard InChI is InChI=1S/C34H38N4O6.AsH3/c1-15-21(7-9-31(41)42)27-14-28-22(8-10-32(43)44)16(2)24(36-28)12-29-34(20(6)40)18(4)26(38-29)13-30-33(19(5)39)17(3)25(37-30)11-23(15)35-27;/h11-14,19-20,35,38-40H,7-10H2,1-6H3,(H,41,42)(H,43,44);1H3. The van der Waals surface area contributed by atoms with Crippen LogP contribution in [0.3, 0.4) is 0 Å². The van der Waals surface area contributed by atoms with E-state index >= 15 is 0 Å². The van der Waals surface area contributed by atoms with Crippen molar-refractivity contribution in [2.24, 2.45) is 0 Å². The van der Waals surface area contributed by atoms with Crippen LogP contribution >= 0.6 is 0 Å². The van der Waals surface area contributed by atoms with Crippen molar-refractivity contribution in [1.82, 2.24) is 19.9 Å². The quantitative estimate of drug-likeness (QED) is 0.183. The van der Waals surface area contributed by atoms with Gasteiger partial charge in [0.15, 0.2) is 0 Å². The molecule has 0 radical (unpaired) electrons. The molecule has 10 nitrogen and oxygen atoms in total. The molecule has 0 spiro atoms. The molecule has 2 aliphatic rings. The van der Waals surface area contributed by atoms with Crippen LogP contribution in [0.15, 0.2) is 24.3 Å².